The topological polar surface area (TPSA) is 55.8 Å². The van der Waals surface area contributed by atoms with Gasteiger partial charge in [0.1, 0.15) is 5.75 Å². The van der Waals surface area contributed by atoms with E-state index in [2.05, 4.69) is 10.2 Å². The van der Waals surface area contributed by atoms with E-state index in [9.17, 15) is 18.7 Å². The van der Waals surface area contributed by atoms with Crippen molar-refractivity contribution < 1.29 is 18.7 Å². The molecule has 0 spiro atoms. The summed E-state index contributed by atoms with van der Waals surface area (Å²) in [6, 6.07) is 13.6. The van der Waals surface area contributed by atoms with Crippen LogP contribution in [0.3, 0.4) is 0 Å². The summed E-state index contributed by atoms with van der Waals surface area (Å²) < 4.78 is 24.6. The Morgan fingerprint density at radius 1 is 1.07 bits per heavy atom. The number of piperazine rings is 1. The fraction of sp³-hybridized carbons (Fsp3) is 0.316. The lowest BCUT2D eigenvalue weighted by atomic mass is 10.2. The quantitative estimate of drug-likeness (QED) is 0.736. The summed E-state index contributed by atoms with van der Waals surface area (Å²) >= 11 is 0.477. The van der Waals surface area contributed by atoms with Crippen LogP contribution in [0.4, 0.5) is 20.2 Å². The second-order valence-electron chi connectivity index (χ2n) is 6.20. The summed E-state index contributed by atoms with van der Waals surface area (Å²) in [5.74, 6) is -2.33. The Morgan fingerprint density at radius 2 is 1.74 bits per heavy atom. The van der Waals surface area contributed by atoms with Gasteiger partial charge in [-0.15, -0.1) is 0 Å². The van der Waals surface area contributed by atoms with Crippen LogP contribution in [-0.4, -0.2) is 54.4 Å². The zero-order valence-electron chi connectivity index (χ0n) is 14.6. The van der Waals surface area contributed by atoms with Crippen molar-refractivity contribution in [3.05, 3.63) is 48.5 Å². The first kappa shape index (κ1) is 19.4. The first-order valence-corrected chi connectivity index (χ1v) is 9.49. The molecule has 2 aromatic rings. The number of carbonyl (C=O) groups excluding carboxylic acids is 1. The maximum atomic E-state index is 12.3. The minimum atomic E-state index is -2.46. The zero-order chi connectivity index (χ0) is 19.2. The largest absolute Gasteiger partial charge is 0.506 e. The van der Waals surface area contributed by atoms with Crippen LogP contribution in [0.2, 0.25) is 0 Å². The van der Waals surface area contributed by atoms with E-state index in [0.717, 1.165) is 18.8 Å². The normalized spacial score (nSPS) is 15.1. The van der Waals surface area contributed by atoms with Gasteiger partial charge >= 0.3 is 0 Å². The molecule has 0 unspecified atom stereocenters. The van der Waals surface area contributed by atoms with Gasteiger partial charge in [-0.1, -0.05) is 23.9 Å². The lowest BCUT2D eigenvalue weighted by molar-refractivity contribution is -0.117. The molecule has 144 valence electrons. The molecule has 0 saturated carbocycles. The SMILES string of the molecule is O=C(CN1CCN(c2ccccc2O)CC1)Nc1ccc(SC(F)F)cc1. The van der Waals surface area contributed by atoms with Crippen LogP contribution in [0.1, 0.15) is 0 Å². The van der Waals surface area contributed by atoms with Crippen LogP contribution in [-0.2, 0) is 4.79 Å². The van der Waals surface area contributed by atoms with Gasteiger partial charge in [-0.05, 0) is 36.4 Å². The number of halogens is 2. The van der Waals surface area contributed by atoms with Crippen LogP contribution in [0.25, 0.3) is 0 Å². The summed E-state index contributed by atoms with van der Waals surface area (Å²) in [5.41, 5.74) is 1.40. The van der Waals surface area contributed by atoms with Gasteiger partial charge < -0.3 is 15.3 Å². The molecule has 1 amide bonds. The van der Waals surface area contributed by atoms with Crippen molar-refractivity contribution in [3.63, 3.8) is 0 Å². The molecule has 2 aromatic carbocycles. The van der Waals surface area contributed by atoms with Gasteiger partial charge in [0.15, 0.2) is 0 Å². The second kappa shape index (κ2) is 9.05. The molecule has 1 heterocycles. The number of hydrogen-bond donors (Lipinski definition) is 2. The van der Waals surface area contributed by atoms with E-state index in [1.807, 2.05) is 17.0 Å². The smallest absolute Gasteiger partial charge is 0.288 e. The third-order valence-corrected chi connectivity index (χ3v) is 5.05. The monoisotopic (exact) mass is 393 g/mol. The van der Waals surface area contributed by atoms with E-state index in [1.165, 1.54) is 0 Å². The molecule has 1 aliphatic heterocycles. The standard InChI is InChI=1S/C19H21F2N3O2S/c20-19(21)27-15-7-5-14(6-8-15)22-18(26)13-23-9-11-24(12-10-23)16-3-1-2-4-17(16)25/h1-8,19,25H,9-13H2,(H,22,26). The Labute approximate surface area is 161 Å². The number of amides is 1. The maximum absolute atomic E-state index is 12.3. The number of hydrogen-bond acceptors (Lipinski definition) is 5. The molecule has 2 N–H and O–H groups in total. The molecule has 1 fully saturated rings. The summed E-state index contributed by atoms with van der Waals surface area (Å²) in [6.07, 6.45) is 0. The number of aromatic hydroxyl groups is 1. The van der Waals surface area contributed by atoms with Gasteiger partial charge in [-0.3, -0.25) is 9.69 Å². The number of rotatable bonds is 6. The van der Waals surface area contributed by atoms with Crippen LogP contribution >= 0.6 is 11.8 Å². The molecule has 1 saturated heterocycles. The van der Waals surface area contributed by atoms with Crippen LogP contribution in [0.5, 0.6) is 5.75 Å². The van der Waals surface area contributed by atoms with Crippen molar-refractivity contribution in [1.82, 2.24) is 4.90 Å². The highest BCUT2D eigenvalue weighted by molar-refractivity contribution is 7.99. The Bertz CT molecular complexity index is 766. The third-order valence-electron chi connectivity index (χ3n) is 4.33. The van der Waals surface area contributed by atoms with Crippen molar-refractivity contribution in [2.24, 2.45) is 0 Å². The molecular formula is C19H21F2N3O2S. The fourth-order valence-corrected chi connectivity index (χ4v) is 3.50. The highest BCUT2D eigenvalue weighted by Gasteiger charge is 2.20. The predicted molar refractivity (Wildman–Crippen MR) is 104 cm³/mol. The highest BCUT2D eigenvalue weighted by Crippen LogP contribution is 2.27. The maximum Gasteiger partial charge on any atom is 0.288 e. The predicted octanol–water partition coefficient (Wildman–Crippen LogP) is 3.47. The number of benzene rings is 2. The first-order chi connectivity index (χ1) is 13.0. The molecule has 27 heavy (non-hydrogen) atoms. The summed E-state index contributed by atoms with van der Waals surface area (Å²) in [7, 11) is 0. The number of anilines is 2. The highest BCUT2D eigenvalue weighted by atomic mass is 32.2. The molecular weight excluding hydrogens is 372 g/mol. The second-order valence-corrected chi connectivity index (χ2v) is 7.27. The molecule has 0 radical (unpaired) electrons. The van der Waals surface area contributed by atoms with E-state index in [4.69, 9.17) is 0 Å². The van der Waals surface area contributed by atoms with Crippen LogP contribution in [0, 0.1) is 0 Å². The van der Waals surface area contributed by atoms with Crippen molar-refractivity contribution in [2.75, 3.05) is 42.9 Å². The number of nitrogens with zero attached hydrogens (tertiary/aromatic N) is 2. The molecule has 1 aliphatic rings. The van der Waals surface area contributed by atoms with Crippen molar-refractivity contribution in [1.29, 1.82) is 0 Å². The molecule has 0 aliphatic carbocycles. The van der Waals surface area contributed by atoms with E-state index in [-0.39, 0.29) is 18.2 Å². The van der Waals surface area contributed by atoms with Gasteiger partial charge in [0.25, 0.3) is 5.76 Å². The van der Waals surface area contributed by atoms with Crippen molar-refractivity contribution in [2.45, 2.75) is 10.7 Å². The van der Waals surface area contributed by atoms with E-state index in [1.54, 1.807) is 36.4 Å². The zero-order valence-corrected chi connectivity index (χ0v) is 15.5. The number of alkyl halides is 2. The first-order valence-electron chi connectivity index (χ1n) is 8.61. The number of nitrogens with one attached hydrogen (secondary N) is 1. The molecule has 8 heteroatoms. The van der Waals surface area contributed by atoms with Crippen LogP contribution in [0.15, 0.2) is 53.4 Å². The number of carbonyl (C=O) groups is 1. The fourth-order valence-electron chi connectivity index (χ4n) is 3.00. The third kappa shape index (κ3) is 5.58. The van der Waals surface area contributed by atoms with Crippen molar-refractivity contribution in [3.8, 4) is 5.75 Å². The van der Waals surface area contributed by atoms with Crippen LogP contribution < -0.4 is 10.2 Å². The average Bonchev–Trinajstić information content (AvgIpc) is 2.64. The minimum absolute atomic E-state index is 0.139. The van der Waals surface area contributed by atoms with Gasteiger partial charge in [-0.25, -0.2) is 0 Å². The molecule has 0 aromatic heterocycles. The van der Waals surface area contributed by atoms with E-state index in [0.29, 0.717) is 35.4 Å². The van der Waals surface area contributed by atoms with E-state index >= 15 is 0 Å². The number of para-hydroxylation sites is 2. The lowest BCUT2D eigenvalue weighted by Gasteiger charge is -2.35. The summed E-state index contributed by atoms with van der Waals surface area (Å²) in [6.45, 7) is 3.15. The number of phenolic OH excluding ortho intramolecular Hbond substituents is 1. The molecule has 3 rings (SSSR count). The van der Waals surface area contributed by atoms with Crippen molar-refractivity contribution >= 4 is 29.0 Å². The Hall–Kier alpha value is -2.32. The molecule has 5 nitrogen and oxygen atoms in total. The number of phenols is 1. The lowest BCUT2D eigenvalue weighted by Crippen LogP contribution is -2.48. The van der Waals surface area contributed by atoms with Gasteiger partial charge in [0.05, 0.1) is 12.2 Å². The summed E-state index contributed by atoms with van der Waals surface area (Å²) in [5, 5.41) is 12.7. The number of thioether (sulfide) groups is 1. The summed E-state index contributed by atoms with van der Waals surface area (Å²) in [4.78, 5) is 16.8. The van der Waals surface area contributed by atoms with E-state index < -0.39 is 5.76 Å². The Morgan fingerprint density at radius 3 is 2.37 bits per heavy atom. The van der Waals surface area contributed by atoms with Gasteiger partial charge in [0, 0.05) is 36.8 Å². The Balaban J connectivity index is 1.46. The Kier molecular flexibility index (Phi) is 6.52. The molecule has 0 bridgehead atoms. The minimum Gasteiger partial charge on any atom is -0.506 e. The van der Waals surface area contributed by atoms with Gasteiger partial charge in [-0.2, -0.15) is 8.78 Å². The average molecular weight is 393 g/mol. The molecule has 0 atom stereocenters. The van der Waals surface area contributed by atoms with Gasteiger partial charge in [0.2, 0.25) is 5.91 Å².